The predicted molar refractivity (Wildman–Crippen MR) is 65.3 cm³/mol. The summed E-state index contributed by atoms with van der Waals surface area (Å²) in [7, 11) is 1.40. The molecule has 0 saturated carbocycles. The first-order chi connectivity index (χ1) is 8.08. The highest BCUT2D eigenvalue weighted by Gasteiger charge is 2.19. The lowest BCUT2D eigenvalue weighted by Gasteiger charge is -2.11. The van der Waals surface area contributed by atoms with Crippen molar-refractivity contribution in [2.45, 2.75) is 18.1 Å². The fraction of sp³-hybridized carbons (Fsp3) is 0.417. The molecule has 0 amide bonds. The Kier molecular flexibility index (Phi) is 5.47. The van der Waals surface area contributed by atoms with E-state index in [1.165, 1.54) is 14.2 Å². The van der Waals surface area contributed by atoms with E-state index in [2.05, 4.69) is 0 Å². The molecule has 94 valence electrons. The van der Waals surface area contributed by atoms with Gasteiger partial charge in [-0.05, 0) is 19.1 Å². The van der Waals surface area contributed by atoms with E-state index in [1.807, 2.05) is 19.1 Å². The summed E-state index contributed by atoms with van der Waals surface area (Å²) in [6, 6.07) is 7.24. The molecule has 0 N–H and O–H groups in total. The Balaban J connectivity index is 2.66. The summed E-state index contributed by atoms with van der Waals surface area (Å²) >= 11 is 0. The Bertz CT molecular complexity index is 395. The monoisotopic (exact) mass is 256 g/mol. The van der Waals surface area contributed by atoms with Crippen LogP contribution in [-0.4, -0.2) is 36.3 Å². The zero-order valence-corrected chi connectivity index (χ0v) is 11.0. The second kappa shape index (κ2) is 6.64. The van der Waals surface area contributed by atoms with E-state index in [9.17, 15) is 9.00 Å². The van der Waals surface area contributed by atoms with Crippen molar-refractivity contribution >= 4 is 16.6 Å². The van der Waals surface area contributed by atoms with Crippen molar-refractivity contribution in [1.29, 1.82) is 0 Å². The Labute approximate surface area is 103 Å². The van der Waals surface area contributed by atoms with Gasteiger partial charge in [-0.3, -0.25) is 9.00 Å². The van der Waals surface area contributed by atoms with Crippen LogP contribution < -0.4 is 0 Å². The number of methoxy groups -OCH3 is 2. The van der Waals surface area contributed by atoms with Gasteiger partial charge in [-0.1, -0.05) is 17.7 Å². The van der Waals surface area contributed by atoms with Gasteiger partial charge in [0, 0.05) is 19.1 Å². The number of hydrogen-bond acceptors (Lipinski definition) is 4. The molecule has 0 bridgehead atoms. The molecule has 0 aromatic heterocycles. The molecular formula is C12H16O4S. The molecular weight excluding hydrogens is 240 g/mol. The van der Waals surface area contributed by atoms with Crippen LogP contribution in [0.4, 0.5) is 0 Å². The number of ether oxygens (including phenoxy) is 2. The summed E-state index contributed by atoms with van der Waals surface area (Å²) in [4.78, 5) is 12.2. The van der Waals surface area contributed by atoms with Crippen molar-refractivity contribution in [3.05, 3.63) is 29.8 Å². The summed E-state index contributed by atoms with van der Waals surface area (Å²) in [5.74, 6) is -0.427. The van der Waals surface area contributed by atoms with Gasteiger partial charge in [-0.25, -0.2) is 0 Å². The molecule has 1 aromatic carbocycles. The zero-order chi connectivity index (χ0) is 12.8. The second-order valence-corrected chi connectivity index (χ2v) is 5.02. The molecule has 0 aliphatic rings. The fourth-order valence-electron chi connectivity index (χ4n) is 1.33. The third-order valence-corrected chi connectivity index (χ3v) is 3.59. The number of aryl methyl sites for hydroxylation is 1. The third-order valence-electron chi connectivity index (χ3n) is 2.25. The molecule has 0 aliphatic carbocycles. The van der Waals surface area contributed by atoms with Crippen LogP contribution >= 0.6 is 0 Å². The molecule has 4 nitrogen and oxygen atoms in total. The fourth-order valence-corrected chi connectivity index (χ4v) is 2.33. The second-order valence-electron chi connectivity index (χ2n) is 3.57. The molecule has 0 radical (unpaired) electrons. The molecule has 1 rings (SSSR count). The van der Waals surface area contributed by atoms with Gasteiger partial charge >= 0.3 is 0 Å². The number of ketones is 1. The average molecular weight is 256 g/mol. The van der Waals surface area contributed by atoms with Gasteiger partial charge < -0.3 is 9.47 Å². The van der Waals surface area contributed by atoms with E-state index in [0.29, 0.717) is 4.90 Å². The van der Waals surface area contributed by atoms with Crippen LogP contribution in [0.25, 0.3) is 0 Å². The molecule has 0 aliphatic heterocycles. The number of Topliss-reactive ketones (excluding diaryl/α,β-unsaturated/α-hetero) is 1. The van der Waals surface area contributed by atoms with Gasteiger partial charge in [0.15, 0.2) is 0 Å². The Morgan fingerprint density at radius 1 is 1.24 bits per heavy atom. The summed E-state index contributed by atoms with van der Waals surface area (Å²) in [5, 5.41) is 0. The number of rotatable bonds is 6. The van der Waals surface area contributed by atoms with Crippen LogP contribution in [0.1, 0.15) is 5.56 Å². The first-order valence-electron chi connectivity index (χ1n) is 5.12. The number of carbonyl (C=O) groups is 1. The van der Waals surface area contributed by atoms with Gasteiger partial charge in [0.05, 0.1) is 16.6 Å². The minimum absolute atomic E-state index is 0.102. The van der Waals surface area contributed by atoms with E-state index in [-0.39, 0.29) is 11.5 Å². The molecule has 1 aromatic rings. The maximum Gasteiger partial charge on any atom is 0.218 e. The van der Waals surface area contributed by atoms with E-state index in [1.54, 1.807) is 12.1 Å². The lowest BCUT2D eigenvalue weighted by atomic mass is 10.2. The van der Waals surface area contributed by atoms with E-state index in [0.717, 1.165) is 5.56 Å². The Hall–Kier alpha value is -1.04. The van der Waals surface area contributed by atoms with Gasteiger partial charge in [0.1, 0.15) is 0 Å². The highest BCUT2D eigenvalue weighted by Crippen LogP contribution is 2.09. The quantitative estimate of drug-likeness (QED) is 0.720. The highest BCUT2D eigenvalue weighted by atomic mass is 32.2. The summed E-state index contributed by atoms with van der Waals surface area (Å²) in [6.45, 7) is 1.95. The van der Waals surface area contributed by atoms with E-state index < -0.39 is 17.1 Å². The molecule has 0 unspecified atom stereocenters. The molecule has 0 fully saturated rings. The predicted octanol–water partition coefficient (Wildman–Crippen LogP) is 1.29. The molecule has 1 atom stereocenters. The minimum atomic E-state index is -1.36. The topological polar surface area (TPSA) is 52.6 Å². The Morgan fingerprint density at radius 2 is 1.76 bits per heavy atom. The van der Waals surface area contributed by atoms with Crippen LogP contribution in [0.2, 0.25) is 0 Å². The van der Waals surface area contributed by atoms with Crippen LogP contribution in [0.15, 0.2) is 29.2 Å². The number of benzene rings is 1. The van der Waals surface area contributed by atoms with Gasteiger partial charge in [0.2, 0.25) is 12.1 Å². The summed E-state index contributed by atoms with van der Waals surface area (Å²) < 4.78 is 21.5. The van der Waals surface area contributed by atoms with Crippen molar-refractivity contribution < 1.29 is 18.5 Å². The first-order valence-corrected chi connectivity index (χ1v) is 6.43. The van der Waals surface area contributed by atoms with Crippen LogP contribution in [0.5, 0.6) is 0 Å². The Morgan fingerprint density at radius 3 is 2.24 bits per heavy atom. The van der Waals surface area contributed by atoms with Crippen molar-refractivity contribution in [2.24, 2.45) is 0 Å². The average Bonchev–Trinajstić information content (AvgIpc) is 2.31. The van der Waals surface area contributed by atoms with Gasteiger partial charge in [-0.2, -0.15) is 0 Å². The largest absolute Gasteiger partial charge is 0.349 e. The van der Waals surface area contributed by atoms with Crippen LogP contribution in [0, 0.1) is 6.92 Å². The normalized spacial score (nSPS) is 12.7. The van der Waals surface area contributed by atoms with E-state index in [4.69, 9.17) is 9.47 Å². The number of hydrogen-bond donors (Lipinski definition) is 0. The van der Waals surface area contributed by atoms with Crippen molar-refractivity contribution in [3.8, 4) is 0 Å². The summed E-state index contributed by atoms with van der Waals surface area (Å²) in [6.07, 6.45) is -0.940. The van der Waals surface area contributed by atoms with Crippen molar-refractivity contribution in [2.75, 3.05) is 20.0 Å². The number of carbonyl (C=O) groups excluding carboxylic acids is 1. The minimum Gasteiger partial charge on any atom is -0.349 e. The zero-order valence-electron chi connectivity index (χ0n) is 10.1. The lowest BCUT2D eigenvalue weighted by molar-refractivity contribution is -0.153. The maximum atomic E-state index is 11.9. The first kappa shape index (κ1) is 14.0. The summed E-state index contributed by atoms with van der Waals surface area (Å²) in [5.41, 5.74) is 1.09. The standard InChI is InChI=1S/C12H16O4S/c1-9-4-6-10(7-5-9)17(14)8-11(13)12(15-2)16-3/h4-7,12H,8H2,1-3H3/t17-/m1/s1. The lowest BCUT2D eigenvalue weighted by Crippen LogP contribution is -2.29. The molecule has 5 heteroatoms. The third kappa shape index (κ3) is 4.03. The maximum absolute atomic E-state index is 11.9. The van der Waals surface area contributed by atoms with Crippen molar-refractivity contribution in [3.63, 3.8) is 0 Å². The smallest absolute Gasteiger partial charge is 0.218 e. The molecule has 0 spiro atoms. The van der Waals surface area contributed by atoms with Gasteiger partial charge in [-0.15, -0.1) is 0 Å². The van der Waals surface area contributed by atoms with Crippen LogP contribution in [-0.2, 0) is 25.1 Å². The highest BCUT2D eigenvalue weighted by molar-refractivity contribution is 7.85. The van der Waals surface area contributed by atoms with Crippen LogP contribution in [0.3, 0.4) is 0 Å². The van der Waals surface area contributed by atoms with Gasteiger partial charge in [0.25, 0.3) is 0 Å². The molecule has 0 heterocycles. The van der Waals surface area contributed by atoms with Crippen molar-refractivity contribution in [1.82, 2.24) is 0 Å². The SMILES string of the molecule is COC(OC)C(=O)C[S@@](=O)c1ccc(C)cc1. The molecule has 0 saturated heterocycles. The molecule has 17 heavy (non-hydrogen) atoms. The van der Waals surface area contributed by atoms with E-state index >= 15 is 0 Å².